The highest BCUT2D eigenvalue weighted by atomic mass is 16.6. The predicted octanol–water partition coefficient (Wildman–Crippen LogP) is 6.56. The molecule has 0 aliphatic rings. The number of carbonyl (C=O) groups excluding carboxylic acids is 3. The second-order valence-corrected chi connectivity index (χ2v) is 11.3. The number of methoxy groups -OCH3 is 1. The van der Waals surface area contributed by atoms with E-state index < -0.39 is 23.8 Å². The van der Waals surface area contributed by atoms with E-state index in [-0.39, 0.29) is 17.7 Å². The minimum Gasteiger partial charge on any atom is -0.497 e. The van der Waals surface area contributed by atoms with Gasteiger partial charge in [0.1, 0.15) is 23.4 Å². The molecular formula is C32H47N3O5. The molecule has 0 fully saturated rings. The van der Waals surface area contributed by atoms with E-state index in [0.717, 1.165) is 23.1 Å². The first kappa shape index (κ1) is 32.7. The molecule has 0 saturated heterocycles. The summed E-state index contributed by atoms with van der Waals surface area (Å²) in [5.74, 6) is -0.153. The summed E-state index contributed by atoms with van der Waals surface area (Å²) in [6.07, 6.45) is 1.52. The van der Waals surface area contributed by atoms with Crippen LogP contribution < -0.4 is 15.4 Å². The lowest BCUT2D eigenvalue weighted by Gasteiger charge is -2.37. The normalized spacial score (nSPS) is 13.5. The van der Waals surface area contributed by atoms with E-state index in [0.29, 0.717) is 30.8 Å². The van der Waals surface area contributed by atoms with Crippen LogP contribution >= 0.6 is 0 Å². The van der Waals surface area contributed by atoms with Gasteiger partial charge >= 0.3 is 6.09 Å². The maximum Gasteiger partial charge on any atom is 0.408 e. The zero-order chi connectivity index (χ0) is 30.0. The number of carbonyl (C=O) groups is 3. The number of nitrogens with one attached hydrogen (secondary N) is 2. The molecule has 220 valence electrons. The molecule has 3 unspecified atom stereocenters. The van der Waals surface area contributed by atoms with Crippen LogP contribution in [0.4, 0.5) is 10.5 Å². The lowest BCUT2D eigenvalue weighted by atomic mass is 9.91. The molecule has 2 rings (SSSR count). The minimum atomic E-state index is -0.908. The van der Waals surface area contributed by atoms with Crippen LogP contribution in [0, 0.1) is 19.8 Å². The van der Waals surface area contributed by atoms with Crippen LogP contribution in [0.2, 0.25) is 0 Å². The summed E-state index contributed by atoms with van der Waals surface area (Å²) in [6.45, 7) is 15.5. The summed E-state index contributed by atoms with van der Waals surface area (Å²) in [6, 6.07) is 11.1. The van der Waals surface area contributed by atoms with Crippen molar-refractivity contribution in [2.24, 2.45) is 5.92 Å². The Morgan fingerprint density at radius 1 is 0.975 bits per heavy atom. The molecule has 2 aromatic carbocycles. The van der Waals surface area contributed by atoms with Crippen molar-refractivity contribution in [1.29, 1.82) is 0 Å². The Balaban J connectivity index is 2.60. The van der Waals surface area contributed by atoms with Gasteiger partial charge in [-0.15, -0.1) is 0 Å². The Labute approximate surface area is 239 Å². The Hall–Kier alpha value is -3.55. The number of rotatable bonds is 12. The lowest BCUT2D eigenvalue weighted by Crippen LogP contribution is -2.55. The monoisotopic (exact) mass is 553 g/mol. The number of hydrogen-bond donors (Lipinski definition) is 2. The molecule has 40 heavy (non-hydrogen) atoms. The maximum atomic E-state index is 14.4. The highest BCUT2D eigenvalue weighted by Gasteiger charge is 2.39. The van der Waals surface area contributed by atoms with Gasteiger partial charge < -0.3 is 25.0 Å². The molecule has 3 atom stereocenters. The number of ether oxygens (including phenoxy) is 2. The van der Waals surface area contributed by atoms with E-state index in [1.807, 2.05) is 52.8 Å². The topological polar surface area (TPSA) is 97.0 Å². The van der Waals surface area contributed by atoms with Crippen molar-refractivity contribution in [2.45, 2.75) is 92.3 Å². The molecule has 0 heterocycles. The van der Waals surface area contributed by atoms with E-state index in [1.165, 1.54) is 0 Å². The number of anilines is 1. The van der Waals surface area contributed by atoms with Gasteiger partial charge in [-0.2, -0.15) is 0 Å². The molecule has 2 aromatic rings. The van der Waals surface area contributed by atoms with Gasteiger partial charge in [-0.25, -0.2) is 4.79 Å². The average molecular weight is 554 g/mol. The fraction of sp³-hybridized carbons (Fsp3) is 0.531. The fourth-order valence-electron chi connectivity index (χ4n) is 4.56. The number of hydrogen-bond acceptors (Lipinski definition) is 5. The Bertz CT molecular complexity index is 1120. The molecule has 0 radical (unpaired) electrons. The molecule has 8 nitrogen and oxygen atoms in total. The Morgan fingerprint density at radius 3 is 2.08 bits per heavy atom. The van der Waals surface area contributed by atoms with Gasteiger partial charge in [0, 0.05) is 12.2 Å². The van der Waals surface area contributed by atoms with Gasteiger partial charge in [-0.1, -0.05) is 51.8 Å². The summed E-state index contributed by atoms with van der Waals surface area (Å²) in [7, 11) is 1.58. The molecule has 0 aliphatic carbocycles. The van der Waals surface area contributed by atoms with Crippen LogP contribution in [0.1, 0.15) is 83.5 Å². The van der Waals surface area contributed by atoms with Crippen molar-refractivity contribution in [3.63, 3.8) is 0 Å². The van der Waals surface area contributed by atoms with Crippen molar-refractivity contribution in [3.8, 4) is 5.75 Å². The van der Waals surface area contributed by atoms with Crippen molar-refractivity contribution in [3.05, 3.63) is 59.2 Å². The van der Waals surface area contributed by atoms with Crippen LogP contribution in [0.3, 0.4) is 0 Å². The Kier molecular flexibility index (Phi) is 12.0. The first-order chi connectivity index (χ1) is 18.8. The quantitative estimate of drug-likeness (QED) is 0.310. The van der Waals surface area contributed by atoms with E-state index in [4.69, 9.17) is 9.47 Å². The standard InChI is InChI=1S/C32H47N3O5/c1-10-12-20-35(30(37)27(21(3)11-2)34-31(38)40-32(6,7)8)28(26-22(4)14-13-15-23(26)5)29(36)33-24-16-18-25(39-9)19-17-24/h13-19,21,27-28H,10-12,20H2,1-9H3,(H,33,36)(H,34,38). The van der Waals surface area contributed by atoms with Crippen LogP contribution in [0.25, 0.3) is 0 Å². The molecule has 0 spiro atoms. The molecule has 0 saturated carbocycles. The van der Waals surface area contributed by atoms with Gasteiger partial charge in [0.05, 0.1) is 7.11 Å². The van der Waals surface area contributed by atoms with E-state index in [2.05, 4.69) is 10.6 Å². The highest BCUT2D eigenvalue weighted by Crippen LogP contribution is 2.31. The molecule has 3 amide bonds. The first-order valence-electron chi connectivity index (χ1n) is 14.1. The van der Waals surface area contributed by atoms with Crippen molar-refractivity contribution >= 4 is 23.6 Å². The number of amides is 3. The third kappa shape index (κ3) is 9.00. The lowest BCUT2D eigenvalue weighted by molar-refractivity contribution is -0.142. The average Bonchev–Trinajstić information content (AvgIpc) is 2.89. The maximum absolute atomic E-state index is 14.4. The number of unbranched alkanes of at least 4 members (excludes halogenated alkanes) is 1. The predicted molar refractivity (Wildman–Crippen MR) is 160 cm³/mol. The first-order valence-corrected chi connectivity index (χ1v) is 14.1. The SMILES string of the molecule is CCCCN(C(=O)C(NC(=O)OC(C)(C)C)C(C)CC)C(C(=O)Nc1ccc(OC)cc1)c1c(C)cccc1C. The molecule has 0 bridgehead atoms. The van der Waals surface area contributed by atoms with Gasteiger partial charge in [0.25, 0.3) is 5.91 Å². The Morgan fingerprint density at radius 2 is 1.57 bits per heavy atom. The van der Waals surface area contributed by atoms with Crippen LogP contribution in [-0.4, -0.2) is 48.1 Å². The smallest absolute Gasteiger partial charge is 0.408 e. The van der Waals surface area contributed by atoms with E-state index in [1.54, 1.807) is 57.0 Å². The van der Waals surface area contributed by atoms with Crippen molar-refractivity contribution in [2.75, 3.05) is 19.0 Å². The number of nitrogens with zero attached hydrogens (tertiary/aromatic N) is 1. The zero-order valence-electron chi connectivity index (χ0n) is 25.6. The molecule has 0 aromatic heterocycles. The molecule has 2 N–H and O–H groups in total. The molecule has 0 aliphatic heterocycles. The summed E-state index contributed by atoms with van der Waals surface area (Å²) in [5, 5.41) is 5.83. The minimum absolute atomic E-state index is 0.188. The summed E-state index contributed by atoms with van der Waals surface area (Å²) in [4.78, 5) is 42.9. The van der Waals surface area contributed by atoms with Crippen LogP contribution in [0.15, 0.2) is 42.5 Å². The number of aryl methyl sites for hydroxylation is 2. The largest absolute Gasteiger partial charge is 0.497 e. The summed E-state index contributed by atoms with van der Waals surface area (Å²) < 4.78 is 10.7. The van der Waals surface area contributed by atoms with Crippen molar-refractivity contribution < 1.29 is 23.9 Å². The summed E-state index contributed by atoms with van der Waals surface area (Å²) >= 11 is 0. The van der Waals surface area contributed by atoms with E-state index in [9.17, 15) is 14.4 Å². The zero-order valence-corrected chi connectivity index (χ0v) is 25.6. The van der Waals surface area contributed by atoms with Gasteiger partial charge in [-0.05, 0) is 87.9 Å². The summed E-state index contributed by atoms with van der Waals surface area (Å²) in [5.41, 5.74) is 2.47. The molecular weight excluding hydrogens is 506 g/mol. The van der Waals surface area contributed by atoms with Crippen LogP contribution in [0.5, 0.6) is 5.75 Å². The second-order valence-electron chi connectivity index (χ2n) is 11.3. The number of alkyl carbamates (subject to hydrolysis) is 1. The highest BCUT2D eigenvalue weighted by molar-refractivity contribution is 5.99. The van der Waals surface area contributed by atoms with Crippen LogP contribution in [-0.2, 0) is 14.3 Å². The third-order valence-electron chi connectivity index (χ3n) is 6.92. The fourth-order valence-corrected chi connectivity index (χ4v) is 4.56. The van der Waals surface area contributed by atoms with Crippen molar-refractivity contribution in [1.82, 2.24) is 10.2 Å². The third-order valence-corrected chi connectivity index (χ3v) is 6.92. The van der Waals surface area contributed by atoms with Gasteiger partial charge in [0.15, 0.2) is 0 Å². The second kappa shape index (κ2) is 14.7. The van der Waals surface area contributed by atoms with Gasteiger partial charge in [-0.3, -0.25) is 9.59 Å². The van der Waals surface area contributed by atoms with E-state index >= 15 is 0 Å². The van der Waals surface area contributed by atoms with Gasteiger partial charge in [0.2, 0.25) is 5.91 Å². The molecule has 8 heteroatoms. The number of benzene rings is 2.